The van der Waals surface area contributed by atoms with Gasteiger partial charge in [0.1, 0.15) is 18.2 Å². The van der Waals surface area contributed by atoms with Crippen molar-refractivity contribution in [3.8, 4) is 0 Å². The van der Waals surface area contributed by atoms with E-state index in [0.29, 0.717) is 0 Å². The SMILES string of the molecule is CC.CC.CC.CC.CC.CC.CC.CC.c1ccc2ncccc2c1.c1ccccc1.c1ccn2ccnc2c1.c1ccncc1.c1cncnc1.c1cocn1.c1cscn1.c1ncon1. The van der Waals surface area contributed by atoms with Crippen molar-refractivity contribution in [3.05, 3.63) is 220 Å². The largest absolute Gasteiger partial charge is 0.452 e. The fraction of sp³-hybridized carbons (Fsp3) is 0.291. The molecule has 10 aromatic rings. The topological polar surface area (TPSA) is 147 Å². The molecule has 0 aliphatic heterocycles. The molecule has 68 heavy (non-hydrogen) atoms. The second-order valence-electron chi connectivity index (χ2n) is 9.11. The van der Waals surface area contributed by atoms with Gasteiger partial charge in [-0.05, 0) is 42.5 Å². The number of imidazole rings is 1. The molecule has 12 nitrogen and oxygen atoms in total. The number of thiazole rings is 1. The summed E-state index contributed by atoms with van der Waals surface area (Å²) < 4.78 is 10.7. The van der Waals surface area contributed by atoms with E-state index in [9.17, 15) is 0 Å². The number of para-hydroxylation sites is 1. The Balaban J connectivity index is -0.000000156. The lowest BCUT2D eigenvalue weighted by Crippen LogP contribution is -1.77. The highest BCUT2D eigenvalue weighted by Gasteiger charge is 1.87. The van der Waals surface area contributed by atoms with Crippen LogP contribution in [-0.4, -0.2) is 49.4 Å². The van der Waals surface area contributed by atoms with Crippen LogP contribution in [0.1, 0.15) is 111 Å². The van der Waals surface area contributed by atoms with E-state index in [1.807, 2.05) is 236 Å². The molecule has 0 spiro atoms. The zero-order chi connectivity index (χ0) is 52.3. The number of aromatic nitrogens is 10. The van der Waals surface area contributed by atoms with E-state index in [0.717, 1.165) is 11.2 Å². The Morgan fingerprint density at radius 1 is 0.397 bits per heavy atom. The number of hydrogen-bond acceptors (Lipinski definition) is 12. The first kappa shape index (κ1) is 72.4. The van der Waals surface area contributed by atoms with Crippen LogP contribution in [0.15, 0.2) is 229 Å². The molecule has 8 heterocycles. The van der Waals surface area contributed by atoms with Crippen LogP contribution in [0.5, 0.6) is 0 Å². The van der Waals surface area contributed by atoms with E-state index in [2.05, 4.69) is 66.1 Å². The lowest BCUT2D eigenvalue weighted by atomic mass is 10.2. The summed E-state index contributed by atoms with van der Waals surface area (Å²) in [5.41, 5.74) is 3.85. The van der Waals surface area contributed by atoms with Crippen molar-refractivity contribution in [2.24, 2.45) is 0 Å². The molecule has 8 aromatic heterocycles. The van der Waals surface area contributed by atoms with Gasteiger partial charge in [-0.2, -0.15) is 0 Å². The average molecular weight is 949 g/mol. The van der Waals surface area contributed by atoms with Crippen LogP contribution in [0.2, 0.25) is 0 Å². The summed E-state index contributed by atoms with van der Waals surface area (Å²) in [6.45, 7) is 32.0. The molecule has 0 aliphatic carbocycles. The average Bonchev–Trinajstić information content (AvgIpc) is 4.37. The van der Waals surface area contributed by atoms with Gasteiger partial charge in [0.25, 0.3) is 0 Å². The first-order valence-electron chi connectivity index (χ1n) is 23.5. The monoisotopic (exact) mass is 949 g/mol. The quantitative estimate of drug-likeness (QED) is 0.143. The van der Waals surface area contributed by atoms with Gasteiger partial charge in [0.15, 0.2) is 12.7 Å². The smallest absolute Gasteiger partial charge is 0.213 e. The third-order valence-corrected chi connectivity index (χ3v) is 6.02. The Bertz CT molecular complexity index is 1750. The minimum absolute atomic E-state index is 0.998. The maximum absolute atomic E-state index is 4.47. The van der Waals surface area contributed by atoms with Gasteiger partial charge in [0.2, 0.25) is 6.39 Å². The summed E-state index contributed by atoms with van der Waals surface area (Å²) >= 11 is 1.60. The summed E-state index contributed by atoms with van der Waals surface area (Å²) in [5, 5.41) is 6.37. The maximum Gasteiger partial charge on any atom is 0.213 e. The minimum atomic E-state index is 0.998. The Kier molecular flexibility index (Phi) is 78.9. The summed E-state index contributed by atoms with van der Waals surface area (Å²) in [5.74, 6) is 0. The molecule has 0 atom stereocenters. The molecule has 13 heteroatoms. The Morgan fingerprint density at radius 2 is 0.956 bits per heavy atom. The molecule has 0 unspecified atom stereocenters. The Labute approximate surface area is 415 Å². The summed E-state index contributed by atoms with van der Waals surface area (Å²) in [6.07, 6.45) is 24.7. The zero-order valence-electron chi connectivity index (χ0n) is 44.0. The van der Waals surface area contributed by atoms with Crippen LogP contribution < -0.4 is 0 Å². The Morgan fingerprint density at radius 3 is 1.29 bits per heavy atom. The van der Waals surface area contributed by atoms with Gasteiger partial charge < -0.3 is 13.3 Å². The standard InChI is InChI=1S/C9H7N.C7H6N2.C6H6.C5H5N.C4H4N2.C3H3NO.C3H3NS.C2H2N2O.8C2H6/c1-2-6-9-8(4-1)5-3-7-10-9;1-2-5-9-6-4-8-7(9)3-1;2*1-2-4-6-5-3-1;1-2-5-4-6-3-1;2*1-2-5-3-4-1;1-3-2-5-4-1;8*1-2/h1-7H;1-6H;1-6H;1-5H;1-4H;2*1-3H;1-2H;8*1-2H3. The van der Waals surface area contributed by atoms with Crippen molar-refractivity contribution in [1.82, 2.24) is 49.4 Å². The number of fused-ring (bicyclic) bond motifs is 2. The number of hydrogen-bond donors (Lipinski definition) is 0. The third-order valence-electron chi connectivity index (χ3n) is 5.50. The number of benzene rings is 2. The molecular weight excluding hydrogens is 865 g/mol. The molecule has 0 saturated heterocycles. The van der Waals surface area contributed by atoms with Gasteiger partial charge in [-0.1, -0.05) is 189 Å². The van der Waals surface area contributed by atoms with E-state index in [1.165, 1.54) is 37.1 Å². The molecule has 10 rings (SSSR count). The highest BCUT2D eigenvalue weighted by atomic mass is 32.1. The van der Waals surface area contributed by atoms with Crippen LogP contribution in [0.4, 0.5) is 0 Å². The van der Waals surface area contributed by atoms with Crippen molar-refractivity contribution < 1.29 is 8.94 Å². The molecule has 372 valence electrons. The molecule has 2 aromatic carbocycles. The van der Waals surface area contributed by atoms with Crippen LogP contribution in [-0.2, 0) is 0 Å². The van der Waals surface area contributed by atoms with Gasteiger partial charge in [-0.25, -0.2) is 24.9 Å². The van der Waals surface area contributed by atoms with Gasteiger partial charge >= 0.3 is 0 Å². The molecule has 0 amide bonds. The summed E-state index contributed by atoms with van der Waals surface area (Å²) in [7, 11) is 0. The van der Waals surface area contributed by atoms with Crippen LogP contribution in [0.3, 0.4) is 0 Å². The number of oxazole rings is 1. The van der Waals surface area contributed by atoms with Crippen molar-refractivity contribution in [2.75, 3.05) is 0 Å². The van der Waals surface area contributed by atoms with Gasteiger partial charge in [0.05, 0.1) is 17.2 Å². The first-order valence-corrected chi connectivity index (χ1v) is 24.4. The maximum atomic E-state index is 4.47. The van der Waals surface area contributed by atoms with E-state index < -0.39 is 0 Å². The Hall–Kier alpha value is -7.25. The fourth-order valence-electron chi connectivity index (χ4n) is 3.32. The van der Waals surface area contributed by atoms with E-state index in [1.54, 1.807) is 66.3 Å². The molecular formula is C55H84N10O2S. The van der Waals surface area contributed by atoms with Gasteiger partial charge in [-0.15, -0.1) is 11.3 Å². The van der Waals surface area contributed by atoms with Crippen molar-refractivity contribution in [2.45, 2.75) is 111 Å². The number of rotatable bonds is 0. The van der Waals surface area contributed by atoms with Crippen LogP contribution in [0.25, 0.3) is 16.6 Å². The van der Waals surface area contributed by atoms with E-state index in [-0.39, 0.29) is 0 Å². The minimum Gasteiger partial charge on any atom is -0.452 e. The van der Waals surface area contributed by atoms with E-state index in [4.69, 9.17) is 0 Å². The second-order valence-corrected chi connectivity index (χ2v) is 9.86. The lowest BCUT2D eigenvalue weighted by molar-refractivity contribution is 0.416. The number of pyridine rings is 3. The molecule has 0 radical (unpaired) electrons. The van der Waals surface area contributed by atoms with Crippen molar-refractivity contribution >= 4 is 27.9 Å². The predicted molar refractivity (Wildman–Crippen MR) is 293 cm³/mol. The van der Waals surface area contributed by atoms with Gasteiger partial charge in [-0.3, -0.25) is 15.0 Å². The summed E-state index contributed by atoms with van der Waals surface area (Å²) in [4.78, 5) is 30.1. The molecule has 0 saturated carbocycles. The highest BCUT2D eigenvalue weighted by molar-refractivity contribution is 7.07. The highest BCUT2D eigenvalue weighted by Crippen LogP contribution is 2.08. The summed E-state index contributed by atoms with van der Waals surface area (Å²) in [6, 6.07) is 37.5. The van der Waals surface area contributed by atoms with Gasteiger partial charge in [0, 0.05) is 66.5 Å². The zero-order valence-corrected chi connectivity index (χ0v) is 44.8. The number of nitrogens with zero attached hydrogens (tertiary/aromatic N) is 10. The van der Waals surface area contributed by atoms with Crippen molar-refractivity contribution in [1.29, 1.82) is 0 Å². The van der Waals surface area contributed by atoms with Crippen LogP contribution in [0, 0.1) is 0 Å². The molecule has 0 bridgehead atoms. The van der Waals surface area contributed by atoms with Crippen LogP contribution >= 0.6 is 11.3 Å². The predicted octanol–water partition coefficient (Wildman–Crippen LogP) is 16.9. The molecule has 0 fully saturated rings. The second kappa shape index (κ2) is 74.1. The fourth-order valence-corrected chi connectivity index (χ4v) is 3.67. The molecule has 0 N–H and O–H groups in total. The normalized spacial score (nSPS) is 7.41. The molecule has 0 aliphatic rings. The van der Waals surface area contributed by atoms with Crippen molar-refractivity contribution in [3.63, 3.8) is 0 Å². The first-order chi connectivity index (χ1) is 33.9. The lowest BCUT2D eigenvalue weighted by Gasteiger charge is -1.91. The third kappa shape index (κ3) is 53.1. The van der Waals surface area contributed by atoms with E-state index >= 15 is 0 Å².